The number of piperidine rings is 1. The molecular formula is C15H20N6. The summed E-state index contributed by atoms with van der Waals surface area (Å²) < 4.78 is 0. The van der Waals surface area contributed by atoms with Crippen molar-refractivity contribution in [1.82, 2.24) is 25.3 Å². The fourth-order valence-corrected chi connectivity index (χ4v) is 2.63. The number of aryl methyl sites for hydroxylation is 1. The molecule has 2 aromatic rings. The second-order valence-corrected chi connectivity index (χ2v) is 5.31. The van der Waals surface area contributed by atoms with Crippen LogP contribution >= 0.6 is 0 Å². The fraction of sp³-hybridized carbons (Fsp3) is 0.467. The zero-order valence-corrected chi connectivity index (χ0v) is 12.2. The van der Waals surface area contributed by atoms with Gasteiger partial charge in [0.05, 0.1) is 5.69 Å². The highest BCUT2D eigenvalue weighted by molar-refractivity contribution is 5.29. The molecule has 2 aromatic heterocycles. The van der Waals surface area contributed by atoms with Crippen LogP contribution in [0.15, 0.2) is 30.7 Å². The summed E-state index contributed by atoms with van der Waals surface area (Å²) in [5.41, 5.74) is 1.04. The van der Waals surface area contributed by atoms with Crippen LogP contribution in [-0.4, -0.2) is 39.1 Å². The lowest BCUT2D eigenvalue weighted by Gasteiger charge is -2.33. The number of rotatable bonds is 4. The lowest BCUT2D eigenvalue weighted by atomic mass is 10.1. The molecular weight excluding hydrogens is 264 g/mol. The van der Waals surface area contributed by atoms with Gasteiger partial charge in [-0.15, -0.1) is 0 Å². The average Bonchev–Trinajstić information content (AvgIpc) is 2.54. The minimum Gasteiger partial charge on any atom is -0.339 e. The third kappa shape index (κ3) is 3.72. The Hall–Kier alpha value is -2.08. The minimum atomic E-state index is 0.442. The molecule has 1 aliphatic heterocycles. The largest absolute Gasteiger partial charge is 0.339 e. The fourth-order valence-electron chi connectivity index (χ4n) is 2.63. The van der Waals surface area contributed by atoms with E-state index in [0.717, 1.165) is 43.5 Å². The van der Waals surface area contributed by atoms with Crippen LogP contribution < -0.4 is 10.2 Å². The minimum absolute atomic E-state index is 0.442. The third-order valence-corrected chi connectivity index (χ3v) is 3.66. The summed E-state index contributed by atoms with van der Waals surface area (Å²) in [5.74, 6) is 1.64. The molecule has 0 aromatic carbocycles. The van der Waals surface area contributed by atoms with Crippen molar-refractivity contribution < 1.29 is 0 Å². The van der Waals surface area contributed by atoms with Crippen molar-refractivity contribution >= 4 is 5.95 Å². The topological polar surface area (TPSA) is 66.8 Å². The van der Waals surface area contributed by atoms with Gasteiger partial charge in [0.25, 0.3) is 0 Å². The third-order valence-electron chi connectivity index (χ3n) is 3.66. The van der Waals surface area contributed by atoms with Crippen molar-refractivity contribution in [3.05, 3.63) is 42.2 Å². The molecule has 0 bridgehead atoms. The molecule has 1 fully saturated rings. The van der Waals surface area contributed by atoms with Gasteiger partial charge in [-0.1, -0.05) is 0 Å². The van der Waals surface area contributed by atoms with Gasteiger partial charge >= 0.3 is 0 Å². The number of nitrogens with zero attached hydrogens (tertiary/aromatic N) is 5. The number of anilines is 1. The van der Waals surface area contributed by atoms with Gasteiger partial charge in [0.1, 0.15) is 5.82 Å². The van der Waals surface area contributed by atoms with E-state index in [1.54, 1.807) is 12.4 Å². The Kier molecular flexibility index (Phi) is 4.35. The standard InChI is InChI=1S/C15H20N6/c1-12-16-8-5-13(20-12)10-19-14-4-2-9-21(11-14)15-17-6-3-7-18-15/h3,5-8,14,19H,2,4,9-11H2,1H3. The summed E-state index contributed by atoms with van der Waals surface area (Å²) in [4.78, 5) is 19.5. The number of nitrogens with one attached hydrogen (secondary N) is 1. The van der Waals surface area contributed by atoms with E-state index in [4.69, 9.17) is 0 Å². The van der Waals surface area contributed by atoms with Crippen LogP contribution in [0.4, 0.5) is 5.95 Å². The second kappa shape index (κ2) is 6.58. The summed E-state index contributed by atoms with van der Waals surface area (Å²) in [7, 11) is 0. The molecule has 6 nitrogen and oxygen atoms in total. The smallest absolute Gasteiger partial charge is 0.225 e. The molecule has 0 spiro atoms. The molecule has 1 unspecified atom stereocenters. The highest BCUT2D eigenvalue weighted by atomic mass is 15.3. The van der Waals surface area contributed by atoms with Crippen molar-refractivity contribution in [2.45, 2.75) is 32.4 Å². The van der Waals surface area contributed by atoms with Gasteiger partial charge in [-0.25, -0.2) is 19.9 Å². The van der Waals surface area contributed by atoms with E-state index in [1.807, 2.05) is 25.3 Å². The van der Waals surface area contributed by atoms with Gasteiger partial charge in [0, 0.05) is 44.3 Å². The van der Waals surface area contributed by atoms with Crippen LogP contribution in [0.5, 0.6) is 0 Å². The van der Waals surface area contributed by atoms with Gasteiger partial charge in [-0.2, -0.15) is 0 Å². The molecule has 110 valence electrons. The van der Waals surface area contributed by atoms with Crippen LogP contribution in [-0.2, 0) is 6.54 Å². The lowest BCUT2D eigenvalue weighted by Crippen LogP contribution is -2.46. The first-order valence-corrected chi connectivity index (χ1v) is 7.35. The van der Waals surface area contributed by atoms with E-state index in [0.29, 0.717) is 6.04 Å². The van der Waals surface area contributed by atoms with Crippen molar-refractivity contribution in [1.29, 1.82) is 0 Å². The highest BCUT2D eigenvalue weighted by Crippen LogP contribution is 2.15. The molecule has 0 amide bonds. The van der Waals surface area contributed by atoms with E-state index in [-0.39, 0.29) is 0 Å². The van der Waals surface area contributed by atoms with Crippen molar-refractivity contribution in [2.24, 2.45) is 0 Å². The first kappa shape index (κ1) is 13.9. The number of hydrogen-bond acceptors (Lipinski definition) is 6. The Balaban J connectivity index is 1.57. The molecule has 3 heterocycles. The van der Waals surface area contributed by atoms with Crippen LogP contribution in [0, 0.1) is 6.92 Å². The Morgan fingerprint density at radius 3 is 2.90 bits per heavy atom. The Morgan fingerprint density at radius 1 is 1.24 bits per heavy atom. The van der Waals surface area contributed by atoms with Gasteiger partial charge in [0.15, 0.2) is 0 Å². The maximum atomic E-state index is 4.42. The van der Waals surface area contributed by atoms with Gasteiger partial charge in [-0.3, -0.25) is 0 Å². The summed E-state index contributed by atoms with van der Waals surface area (Å²) in [6.07, 6.45) is 7.72. The van der Waals surface area contributed by atoms with E-state index in [1.165, 1.54) is 6.42 Å². The molecule has 21 heavy (non-hydrogen) atoms. The molecule has 0 radical (unpaired) electrons. The quantitative estimate of drug-likeness (QED) is 0.913. The predicted octanol–water partition coefficient (Wildman–Crippen LogP) is 1.33. The summed E-state index contributed by atoms with van der Waals surface area (Å²) >= 11 is 0. The number of hydrogen-bond donors (Lipinski definition) is 1. The Morgan fingerprint density at radius 2 is 2.10 bits per heavy atom. The monoisotopic (exact) mass is 284 g/mol. The van der Waals surface area contributed by atoms with Crippen LogP contribution in [0.2, 0.25) is 0 Å². The Bertz CT molecular complexity index is 573. The summed E-state index contributed by atoms with van der Waals surface area (Å²) in [5, 5.41) is 3.58. The molecule has 6 heteroatoms. The summed E-state index contributed by atoms with van der Waals surface area (Å²) in [6, 6.07) is 4.25. The van der Waals surface area contributed by atoms with Gasteiger partial charge < -0.3 is 10.2 Å². The predicted molar refractivity (Wildman–Crippen MR) is 80.9 cm³/mol. The average molecular weight is 284 g/mol. The first-order valence-electron chi connectivity index (χ1n) is 7.35. The molecule has 0 aliphatic carbocycles. The second-order valence-electron chi connectivity index (χ2n) is 5.31. The molecule has 1 N–H and O–H groups in total. The van der Waals surface area contributed by atoms with Gasteiger partial charge in [0.2, 0.25) is 5.95 Å². The molecule has 1 saturated heterocycles. The molecule has 3 rings (SSSR count). The zero-order valence-electron chi connectivity index (χ0n) is 12.2. The first-order chi connectivity index (χ1) is 10.3. The zero-order chi connectivity index (χ0) is 14.5. The SMILES string of the molecule is Cc1nccc(CNC2CCCN(c3ncccn3)C2)n1. The van der Waals surface area contributed by atoms with Crippen molar-refractivity contribution in [3.63, 3.8) is 0 Å². The van der Waals surface area contributed by atoms with Crippen LogP contribution in [0.3, 0.4) is 0 Å². The maximum Gasteiger partial charge on any atom is 0.225 e. The van der Waals surface area contributed by atoms with Crippen molar-refractivity contribution in [2.75, 3.05) is 18.0 Å². The van der Waals surface area contributed by atoms with Crippen LogP contribution in [0.25, 0.3) is 0 Å². The van der Waals surface area contributed by atoms with E-state index >= 15 is 0 Å². The van der Waals surface area contributed by atoms with E-state index in [9.17, 15) is 0 Å². The molecule has 1 atom stereocenters. The van der Waals surface area contributed by atoms with E-state index < -0.39 is 0 Å². The van der Waals surface area contributed by atoms with Crippen molar-refractivity contribution in [3.8, 4) is 0 Å². The maximum absolute atomic E-state index is 4.42. The number of aromatic nitrogens is 4. The highest BCUT2D eigenvalue weighted by Gasteiger charge is 2.21. The molecule has 1 aliphatic rings. The normalized spacial score (nSPS) is 18.7. The molecule has 0 saturated carbocycles. The lowest BCUT2D eigenvalue weighted by molar-refractivity contribution is 0.416. The Labute approximate surface area is 124 Å². The van der Waals surface area contributed by atoms with Gasteiger partial charge in [-0.05, 0) is 31.9 Å². The summed E-state index contributed by atoms with van der Waals surface area (Å²) in [6.45, 7) is 4.65. The van der Waals surface area contributed by atoms with E-state index in [2.05, 4.69) is 30.2 Å². The van der Waals surface area contributed by atoms with Crippen LogP contribution in [0.1, 0.15) is 24.4 Å².